The number of nitrogens with one attached hydrogen (secondary N) is 7. The second-order valence-electron chi connectivity index (χ2n) is 23.0. The van der Waals surface area contributed by atoms with Crippen LogP contribution in [0.1, 0.15) is 87.3 Å². The van der Waals surface area contributed by atoms with Crippen LogP contribution in [0.2, 0.25) is 0 Å². The van der Waals surface area contributed by atoms with E-state index < -0.39 is 138 Å². The fourth-order valence-corrected chi connectivity index (χ4v) is 10.9. The van der Waals surface area contributed by atoms with Crippen LogP contribution < -0.4 is 83.1 Å². The molecule has 0 spiro atoms. The molecule has 33 nitrogen and oxygen atoms in total. The van der Waals surface area contributed by atoms with Gasteiger partial charge in [0.15, 0.2) is 17.9 Å². The highest BCUT2D eigenvalue weighted by Gasteiger charge is 2.43. The number of hydrogen-bond acceptors (Lipinski definition) is 16. The molecule has 516 valence electrons. The Balaban J connectivity index is 1.33. The summed E-state index contributed by atoms with van der Waals surface area (Å²) in [6, 6.07) is 11.4. The predicted molar refractivity (Wildman–Crippen MR) is 350 cm³/mol. The van der Waals surface area contributed by atoms with Gasteiger partial charge in [0.2, 0.25) is 59.1 Å². The lowest BCUT2D eigenvalue weighted by Crippen LogP contribution is -2.61. The van der Waals surface area contributed by atoms with Crippen LogP contribution in [0.25, 0.3) is 0 Å². The van der Waals surface area contributed by atoms with Crippen LogP contribution in [0.4, 0.5) is 0 Å². The Kier molecular flexibility index (Phi) is 30.5. The van der Waals surface area contributed by atoms with E-state index in [-0.39, 0.29) is 121 Å². The van der Waals surface area contributed by atoms with Crippen molar-refractivity contribution >= 4 is 82.9 Å². The number of aliphatic imine (C=N–C) groups is 3. The Morgan fingerprint density at radius 2 is 0.779 bits per heavy atom. The van der Waals surface area contributed by atoms with Crippen LogP contribution >= 0.6 is 0 Å². The molecular formula is C62H90N20O13. The van der Waals surface area contributed by atoms with E-state index in [2.05, 4.69) is 52.2 Å². The number of aliphatic carboxylic acids is 1. The van der Waals surface area contributed by atoms with Crippen LogP contribution in [0.5, 0.6) is 0 Å². The van der Waals surface area contributed by atoms with E-state index in [1.54, 1.807) is 91.0 Å². The number of carboxylic acid groups (broad SMARTS) is 1. The molecule has 5 rings (SSSR count). The maximum absolute atomic E-state index is 14.6. The highest BCUT2D eigenvalue weighted by atomic mass is 16.4. The largest absolute Gasteiger partial charge is 0.480 e. The fraction of sp³-hybridized carbons (Fsp3) is 0.484. The van der Waals surface area contributed by atoms with Crippen LogP contribution in [0.3, 0.4) is 0 Å². The molecule has 0 aliphatic carbocycles. The first kappa shape index (κ1) is 75.3. The Hall–Kier alpha value is -10.4. The van der Waals surface area contributed by atoms with Gasteiger partial charge in [0.05, 0.1) is 19.1 Å². The Labute approximate surface area is 549 Å². The lowest BCUT2D eigenvalue weighted by molar-refractivity contribution is -0.145. The summed E-state index contributed by atoms with van der Waals surface area (Å²) in [5.74, 6) is -10.5. The number of primary amides is 1. The molecule has 95 heavy (non-hydrogen) atoms. The SMILES string of the molecule is NC(=O)CC(NC(=O)C1CCCN1C(=O)C(CCCN=C(N)N)NC(=O)C(N)CCCN=C(N)N)C(=O)N1CCCC1C(=O)NC(Cc1ccccc1)C(=O)NC(CO)C(=O)NC(Cc1ccccc1)C(=O)NC(Cc1ccccc1)C(=O)NC(CCCN=C(N)N)C(=O)O. The molecule has 2 heterocycles. The quantitative estimate of drug-likeness (QED) is 0.0145. The van der Waals surface area contributed by atoms with Gasteiger partial charge in [0.1, 0.15) is 54.4 Å². The van der Waals surface area contributed by atoms with E-state index in [0.29, 0.717) is 29.5 Å². The average Bonchev–Trinajstić information content (AvgIpc) is 1.78. The van der Waals surface area contributed by atoms with E-state index in [9.17, 15) is 63.0 Å². The Morgan fingerprint density at radius 1 is 0.442 bits per heavy atom. The second kappa shape index (κ2) is 38.5. The molecule has 0 radical (unpaired) electrons. The molecule has 10 atom stereocenters. The molecule has 2 aliphatic heterocycles. The van der Waals surface area contributed by atoms with Crippen molar-refractivity contribution in [3.05, 3.63) is 108 Å². The molecule has 0 aromatic heterocycles. The van der Waals surface area contributed by atoms with E-state index in [4.69, 9.17) is 45.9 Å². The molecule has 3 aromatic carbocycles. The lowest BCUT2D eigenvalue weighted by atomic mass is 10.0. The normalized spacial score (nSPS) is 16.7. The number of guanidine groups is 3. The first-order valence-corrected chi connectivity index (χ1v) is 31.2. The summed E-state index contributed by atoms with van der Waals surface area (Å²) in [6.07, 6.45) is 0.431. The van der Waals surface area contributed by atoms with Crippen molar-refractivity contribution in [1.82, 2.24) is 47.0 Å². The molecular weight excluding hydrogens is 1230 g/mol. The number of amides is 10. The third-order valence-corrected chi connectivity index (χ3v) is 15.7. The smallest absolute Gasteiger partial charge is 0.326 e. The molecule has 10 unspecified atom stereocenters. The number of rotatable bonds is 38. The standard InChI is InChI=1S/C62H90N20O13/c63-39(21-10-26-71-60(65)66)50(85)74-40(22-11-27-72-61(67)68)57(92)81-29-13-25-48(81)56(91)79-45(34-49(64)84)58(93)82-30-14-24-47(82)55(90)78-44(33-38-19-8-3-9-20-38)53(88)80-46(35-83)54(89)77-43(32-37-17-6-2-7-18-37)52(87)76-42(31-36-15-4-1-5-16-36)51(86)75-41(59(94)95)23-12-28-73-62(69)70/h1-9,15-20,39-48,83H,10-14,21-35,63H2,(H2,64,84)(H,74,85)(H,75,86)(H,76,87)(H,77,89)(H,78,90)(H,79,91)(H,80,88)(H,94,95)(H4,65,66,71)(H4,67,68,72)(H4,69,70,73). The molecule has 2 aliphatic rings. The third kappa shape index (κ3) is 25.2. The summed E-state index contributed by atoms with van der Waals surface area (Å²) in [7, 11) is 0. The number of hydrogen-bond donors (Lipinski definition) is 17. The molecule has 25 N–H and O–H groups in total. The van der Waals surface area contributed by atoms with E-state index in [1.807, 2.05) is 0 Å². The number of carbonyl (C=O) groups excluding carboxylic acids is 10. The van der Waals surface area contributed by atoms with Gasteiger partial charge in [-0.2, -0.15) is 0 Å². The number of aliphatic hydroxyl groups excluding tert-OH is 1. The van der Waals surface area contributed by atoms with Crippen molar-refractivity contribution in [2.45, 2.75) is 150 Å². The molecule has 33 heteroatoms. The molecule has 3 aromatic rings. The minimum Gasteiger partial charge on any atom is -0.480 e. The Morgan fingerprint density at radius 3 is 1.17 bits per heavy atom. The molecule has 0 bridgehead atoms. The van der Waals surface area contributed by atoms with Gasteiger partial charge in [0, 0.05) is 52.0 Å². The number of carboxylic acids is 1. The summed E-state index contributed by atoms with van der Waals surface area (Å²) >= 11 is 0. The summed E-state index contributed by atoms with van der Waals surface area (Å²) < 4.78 is 0. The van der Waals surface area contributed by atoms with E-state index >= 15 is 0 Å². The van der Waals surface area contributed by atoms with Crippen LogP contribution in [0.15, 0.2) is 106 Å². The highest BCUT2D eigenvalue weighted by Crippen LogP contribution is 2.23. The summed E-state index contributed by atoms with van der Waals surface area (Å²) in [6.45, 7) is -0.618. The topological polar surface area (TPSA) is 564 Å². The van der Waals surface area contributed by atoms with Gasteiger partial charge in [-0.3, -0.25) is 62.9 Å². The number of nitrogens with two attached hydrogens (primary N) is 8. The van der Waals surface area contributed by atoms with Crippen LogP contribution in [-0.4, -0.2) is 203 Å². The van der Waals surface area contributed by atoms with Gasteiger partial charge < -0.3 is 103 Å². The maximum atomic E-state index is 14.6. The van der Waals surface area contributed by atoms with Gasteiger partial charge in [0.25, 0.3) is 0 Å². The molecule has 2 saturated heterocycles. The summed E-state index contributed by atoms with van der Waals surface area (Å²) in [5.41, 5.74) is 46.1. The van der Waals surface area contributed by atoms with Crippen molar-refractivity contribution in [2.24, 2.45) is 60.8 Å². The van der Waals surface area contributed by atoms with Crippen molar-refractivity contribution in [1.29, 1.82) is 0 Å². The van der Waals surface area contributed by atoms with Crippen LogP contribution in [0, 0.1) is 0 Å². The number of aliphatic hydroxyl groups is 1. The average molecular weight is 1320 g/mol. The van der Waals surface area contributed by atoms with Gasteiger partial charge in [-0.1, -0.05) is 91.0 Å². The third-order valence-electron chi connectivity index (χ3n) is 15.7. The van der Waals surface area contributed by atoms with E-state index in [1.165, 1.54) is 4.90 Å². The zero-order chi connectivity index (χ0) is 69.6. The van der Waals surface area contributed by atoms with Gasteiger partial charge in [-0.05, 0) is 80.9 Å². The zero-order valence-corrected chi connectivity index (χ0v) is 52.8. The summed E-state index contributed by atoms with van der Waals surface area (Å²) in [4.78, 5) is 167. The van der Waals surface area contributed by atoms with Crippen molar-refractivity contribution in [3.63, 3.8) is 0 Å². The summed E-state index contributed by atoms with van der Waals surface area (Å²) in [5, 5.41) is 38.9. The first-order valence-electron chi connectivity index (χ1n) is 31.2. The van der Waals surface area contributed by atoms with Crippen LogP contribution in [-0.2, 0) is 72.0 Å². The second-order valence-corrected chi connectivity index (χ2v) is 23.0. The van der Waals surface area contributed by atoms with Crippen molar-refractivity contribution in [3.8, 4) is 0 Å². The fourth-order valence-electron chi connectivity index (χ4n) is 10.9. The van der Waals surface area contributed by atoms with Gasteiger partial charge in [-0.15, -0.1) is 0 Å². The minimum atomic E-state index is -1.77. The van der Waals surface area contributed by atoms with Gasteiger partial charge >= 0.3 is 5.97 Å². The molecule has 10 amide bonds. The highest BCUT2D eigenvalue weighted by molar-refractivity contribution is 6.00. The number of likely N-dealkylation sites (tertiary alicyclic amines) is 2. The number of benzene rings is 3. The monoisotopic (exact) mass is 1320 g/mol. The lowest BCUT2D eigenvalue weighted by Gasteiger charge is -2.32. The zero-order valence-electron chi connectivity index (χ0n) is 52.8. The number of carbonyl (C=O) groups is 11. The van der Waals surface area contributed by atoms with E-state index in [0.717, 1.165) is 4.90 Å². The predicted octanol–water partition coefficient (Wildman–Crippen LogP) is -5.47. The minimum absolute atomic E-state index is 0.0309. The first-order chi connectivity index (χ1) is 45.3. The Bertz CT molecular complexity index is 3190. The molecule has 0 saturated carbocycles. The molecule has 2 fully saturated rings. The number of nitrogens with zero attached hydrogens (tertiary/aromatic N) is 5. The van der Waals surface area contributed by atoms with Gasteiger partial charge in [-0.25, -0.2) is 4.79 Å². The van der Waals surface area contributed by atoms with Crippen molar-refractivity contribution < 1.29 is 63.0 Å². The van der Waals surface area contributed by atoms with Crippen molar-refractivity contribution in [2.75, 3.05) is 39.3 Å². The maximum Gasteiger partial charge on any atom is 0.326 e.